The zero-order chi connectivity index (χ0) is 20.9. The highest BCUT2D eigenvalue weighted by Crippen LogP contribution is 2.23. The molecule has 6 nitrogen and oxygen atoms in total. The van der Waals surface area contributed by atoms with Crippen LogP contribution in [0.1, 0.15) is 30.9 Å². The van der Waals surface area contributed by atoms with Crippen LogP contribution in [0.25, 0.3) is 0 Å². The number of rotatable bonds is 6. The Labute approximate surface area is 172 Å². The van der Waals surface area contributed by atoms with Crippen LogP contribution in [0.3, 0.4) is 0 Å². The van der Waals surface area contributed by atoms with Gasteiger partial charge in [-0.15, -0.1) is 0 Å². The number of aryl methyl sites for hydroxylation is 1. The van der Waals surface area contributed by atoms with Crippen LogP contribution in [0.15, 0.2) is 57.8 Å². The number of carbonyl (C=O) groups excluding carboxylic acids is 1. The molecule has 1 heterocycles. The largest absolute Gasteiger partial charge is 0.326 e. The molecule has 1 amide bonds. The second kappa shape index (κ2) is 9.33. The predicted octanol–water partition coefficient (Wildman–Crippen LogP) is 3.33. The van der Waals surface area contributed by atoms with Gasteiger partial charge in [-0.25, -0.2) is 0 Å². The summed E-state index contributed by atoms with van der Waals surface area (Å²) in [6, 6.07) is 14.2. The van der Waals surface area contributed by atoms with E-state index in [2.05, 4.69) is 15.0 Å². The van der Waals surface area contributed by atoms with Crippen LogP contribution in [-0.4, -0.2) is 33.1 Å². The van der Waals surface area contributed by atoms with Crippen LogP contribution in [-0.2, 0) is 21.2 Å². The molecule has 2 N–H and O–H groups in total. The molecule has 1 aliphatic rings. The monoisotopic (exact) mass is 413 g/mol. The highest BCUT2D eigenvalue weighted by atomic mass is 32.2. The Morgan fingerprint density at radius 1 is 1.14 bits per heavy atom. The lowest BCUT2D eigenvalue weighted by Crippen LogP contribution is -2.31. The molecule has 1 saturated heterocycles. The van der Waals surface area contributed by atoms with Gasteiger partial charge in [0.25, 0.3) is 10.0 Å². The van der Waals surface area contributed by atoms with Crippen LogP contribution >= 0.6 is 0 Å². The van der Waals surface area contributed by atoms with Crippen LogP contribution in [0.4, 0.5) is 5.69 Å². The molecule has 0 spiro atoms. The second-order valence-electron chi connectivity index (χ2n) is 7.42. The van der Waals surface area contributed by atoms with Gasteiger partial charge in [-0.3, -0.25) is 4.79 Å². The zero-order valence-electron chi connectivity index (χ0n) is 16.8. The molecule has 154 valence electrons. The number of hydrogen-bond acceptors (Lipinski definition) is 4. The first-order chi connectivity index (χ1) is 13.8. The quantitative estimate of drug-likeness (QED) is 0.711. The van der Waals surface area contributed by atoms with Crippen molar-refractivity contribution >= 4 is 27.3 Å². The maximum Gasteiger partial charge on any atom is 0.282 e. The molecule has 0 aliphatic carbocycles. The molecular weight excluding hydrogens is 386 g/mol. The molecule has 7 heteroatoms. The Balaban J connectivity index is 1.71. The smallest absolute Gasteiger partial charge is 0.282 e. The van der Waals surface area contributed by atoms with Gasteiger partial charge in [0.1, 0.15) is 0 Å². The van der Waals surface area contributed by atoms with E-state index < -0.39 is 10.0 Å². The summed E-state index contributed by atoms with van der Waals surface area (Å²) < 4.78 is 29.5. The molecule has 3 rings (SSSR count). The summed E-state index contributed by atoms with van der Waals surface area (Å²) in [4.78, 5) is 12.4. The third-order valence-electron chi connectivity index (χ3n) is 5.17. The molecule has 1 aliphatic heterocycles. The van der Waals surface area contributed by atoms with E-state index in [1.807, 2.05) is 30.3 Å². The van der Waals surface area contributed by atoms with Gasteiger partial charge in [0.05, 0.1) is 11.3 Å². The number of hydrogen-bond donors (Lipinski definition) is 2. The fourth-order valence-corrected chi connectivity index (χ4v) is 4.67. The normalized spacial score (nSPS) is 15.9. The van der Waals surface area contributed by atoms with Crippen molar-refractivity contribution in [1.29, 1.82) is 0 Å². The van der Waals surface area contributed by atoms with Crippen LogP contribution in [0.2, 0.25) is 0 Å². The second-order valence-corrected chi connectivity index (χ2v) is 9.02. The van der Waals surface area contributed by atoms with Crippen LogP contribution in [0, 0.1) is 12.8 Å². The molecule has 2 aromatic carbocycles. The standard InChI is InChI=1S/C22H27N3O3S/c1-16-14-20(29(27,28)25-17(2)19-10-12-23-13-11-19)8-9-21(16)24-22(26)15-18-6-4-3-5-7-18/h3-9,14,19,23H,10-13,15H2,1-2H3,(H,24,26). The Hall–Kier alpha value is -2.51. The topological polar surface area (TPSA) is 87.6 Å². The number of piperidine rings is 1. The number of amides is 1. The third kappa shape index (κ3) is 5.74. The van der Waals surface area contributed by atoms with Gasteiger partial charge in [0, 0.05) is 17.3 Å². The van der Waals surface area contributed by atoms with Crippen molar-refractivity contribution in [1.82, 2.24) is 5.32 Å². The third-order valence-corrected chi connectivity index (χ3v) is 6.55. The van der Waals surface area contributed by atoms with Gasteiger partial charge in [0.2, 0.25) is 5.91 Å². The van der Waals surface area contributed by atoms with Crippen molar-refractivity contribution < 1.29 is 13.2 Å². The van der Waals surface area contributed by atoms with E-state index in [4.69, 9.17) is 0 Å². The predicted molar refractivity (Wildman–Crippen MR) is 116 cm³/mol. The average molecular weight is 414 g/mol. The van der Waals surface area contributed by atoms with Crippen molar-refractivity contribution in [2.45, 2.75) is 38.0 Å². The summed E-state index contributed by atoms with van der Waals surface area (Å²) in [6.07, 6.45) is 2.06. The lowest BCUT2D eigenvalue weighted by molar-refractivity contribution is -0.115. The lowest BCUT2D eigenvalue weighted by atomic mass is 9.94. The molecule has 1 fully saturated rings. The van der Waals surface area contributed by atoms with E-state index >= 15 is 0 Å². The van der Waals surface area contributed by atoms with Crippen molar-refractivity contribution in [3.63, 3.8) is 0 Å². The minimum atomic E-state index is -3.77. The van der Waals surface area contributed by atoms with Gasteiger partial charge in [0.15, 0.2) is 0 Å². The van der Waals surface area contributed by atoms with E-state index in [1.165, 1.54) is 6.07 Å². The van der Waals surface area contributed by atoms with E-state index in [0.717, 1.165) is 31.5 Å². The summed E-state index contributed by atoms with van der Waals surface area (Å²) in [5.74, 6) is 0.0540. The van der Waals surface area contributed by atoms with Crippen molar-refractivity contribution in [2.24, 2.45) is 10.3 Å². The molecule has 0 aromatic heterocycles. The Kier molecular flexibility index (Phi) is 6.82. The highest BCUT2D eigenvalue weighted by molar-refractivity contribution is 7.90. The number of nitrogens with zero attached hydrogens (tertiary/aromatic N) is 1. The first-order valence-corrected chi connectivity index (χ1v) is 11.3. The first kappa shape index (κ1) is 21.2. The summed E-state index contributed by atoms with van der Waals surface area (Å²) in [7, 11) is -3.77. The van der Waals surface area contributed by atoms with Gasteiger partial charge in [-0.1, -0.05) is 30.3 Å². The van der Waals surface area contributed by atoms with E-state index in [1.54, 1.807) is 26.0 Å². The van der Waals surface area contributed by atoms with Gasteiger partial charge in [-0.2, -0.15) is 12.8 Å². The number of nitrogens with one attached hydrogen (secondary N) is 2. The fourth-order valence-electron chi connectivity index (χ4n) is 3.47. The van der Waals surface area contributed by atoms with E-state index in [0.29, 0.717) is 17.0 Å². The molecule has 0 saturated carbocycles. The molecule has 0 atom stereocenters. The summed E-state index contributed by atoms with van der Waals surface area (Å²) in [5.41, 5.74) is 2.86. The SMILES string of the molecule is CC(=NS(=O)(=O)c1ccc(NC(=O)Cc2ccccc2)c(C)c1)C1CCNCC1. The maximum atomic E-state index is 12.7. The van der Waals surface area contributed by atoms with Gasteiger partial charge < -0.3 is 10.6 Å². The van der Waals surface area contributed by atoms with Crippen molar-refractivity contribution in [3.8, 4) is 0 Å². The first-order valence-electron chi connectivity index (χ1n) is 9.82. The highest BCUT2D eigenvalue weighted by Gasteiger charge is 2.20. The molecule has 29 heavy (non-hydrogen) atoms. The van der Waals surface area contributed by atoms with Gasteiger partial charge in [-0.05, 0) is 69.1 Å². The maximum absolute atomic E-state index is 12.7. The summed E-state index contributed by atoms with van der Waals surface area (Å²) in [5, 5.41) is 6.12. The summed E-state index contributed by atoms with van der Waals surface area (Å²) >= 11 is 0. The minimum absolute atomic E-state index is 0.143. The zero-order valence-corrected chi connectivity index (χ0v) is 17.6. The molecule has 0 radical (unpaired) electrons. The van der Waals surface area contributed by atoms with Crippen molar-refractivity contribution in [2.75, 3.05) is 18.4 Å². The number of benzene rings is 2. The number of carbonyl (C=O) groups is 1. The van der Waals surface area contributed by atoms with Gasteiger partial charge >= 0.3 is 0 Å². The van der Waals surface area contributed by atoms with E-state index in [-0.39, 0.29) is 23.1 Å². The molecule has 2 aromatic rings. The van der Waals surface area contributed by atoms with E-state index in [9.17, 15) is 13.2 Å². The lowest BCUT2D eigenvalue weighted by Gasteiger charge is -2.22. The number of sulfonamides is 1. The Morgan fingerprint density at radius 2 is 1.83 bits per heavy atom. The van der Waals surface area contributed by atoms with Crippen LogP contribution in [0.5, 0.6) is 0 Å². The average Bonchev–Trinajstić information content (AvgIpc) is 2.70. The molecule has 0 unspecified atom stereocenters. The molecule has 0 bridgehead atoms. The fraction of sp³-hybridized carbons (Fsp3) is 0.364. The summed E-state index contributed by atoms with van der Waals surface area (Å²) in [6.45, 7) is 5.33. The Morgan fingerprint density at radius 3 is 2.48 bits per heavy atom. The Bertz CT molecular complexity index is 995. The van der Waals surface area contributed by atoms with Crippen LogP contribution < -0.4 is 10.6 Å². The number of anilines is 1. The minimum Gasteiger partial charge on any atom is -0.326 e. The molecular formula is C22H27N3O3S. The van der Waals surface area contributed by atoms with Crippen molar-refractivity contribution in [3.05, 3.63) is 59.7 Å².